The molecule has 18 heavy (non-hydrogen) atoms. The predicted molar refractivity (Wildman–Crippen MR) is 77.3 cm³/mol. The van der Waals surface area contributed by atoms with Crippen molar-refractivity contribution in [2.45, 2.75) is 31.3 Å². The van der Waals surface area contributed by atoms with Gasteiger partial charge >= 0.3 is 0 Å². The van der Waals surface area contributed by atoms with Gasteiger partial charge in [0.25, 0.3) is 0 Å². The van der Waals surface area contributed by atoms with Crippen molar-refractivity contribution in [1.29, 1.82) is 0 Å². The van der Waals surface area contributed by atoms with Crippen molar-refractivity contribution in [2.24, 2.45) is 0 Å². The third-order valence-corrected chi connectivity index (χ3v) is 4.76. The maximum Gasteiger partial charge on any atom is 0.0660 e. The molecule has 98 valence electrons. The predicted octanol–water partition coefficient (Wildman–Crippen LogP) is 2.60. The maximum absolute atomic E-state index is 6.32. The van der Waals surface area contributed by atoms with E-state index < -0.39 is 0 Å². The van der Waals surface area contributed by atoms with E-state index in [9.17, 15) is 0 Å². The molecule has 2 atom stereocenters. The third kappa shape index (κ3) is 2.06. The van der Waals surface area contributed by atoms with Gasteiger partial charge in [0.2, 0.25) is 0 Å². The summed E-state index contributed by atoms with van der Waals surface area (Å²) < 4.78 is 0. The Kier molecular flexibility index (Phi) is 3.12. The van der Waals surface area contributed by atoms with Gasteiger partial charge in [0.15, 0.2) is 0 Å². The highest BCUT2D eigenvalue weighted by Crippen LogP contribution is 2.34. The van der Waals surface area contributed by atoms with Gasteiger partial charge < -0.3 is 10.6 Å². The number of hydrogen-bond acceptors (Lipinski definition) is 3. The summed E-state index contributed by atoms with van der Waals surface area (Å²) in [5, 5.41) is 0.774. The second-order valence-electron chi connectivity index (χ2n) is 5.50. The van der Waals surface area contributed by atoms with Crippen LogP contribution in [-0.4, -0.2) is 37.1 Å². The molecule has 2 fully saturated rings. The Labute approximate surface area is 114 Å². The number of halogens is 1. The Hall–Kier alpha value is -0.930. The van der Waals surface area contributed by atoms with E-state index in [0.717, 1.165) is 35.5 Å². The van der Waals surface area contributed by atoms with Crippen LogP contribution in [0.3, 0.4) is 0 Å². The standard InChI is InChI=1S/C14H20ClN3/c1-17-11-3-4-12(17)9-18(7-6-11)14-5-2-10(16)8-13(14)15/h2,5,8,11-12H,3-4,6-7,9,16H2,1H3. The van der Waals surface area contributed by atoms with Crippen LogP contribution in [0.15, 0.2) is 18.2 Å². The minimum absolute atomic E-state index is 0.672. The number of benzene rings is 1. The normalized spacial score (nSPS) is 28.4. The molecule has 2 aliphatic rings. The molecular formula is C14H20ClN3. The minimum atomic E-state index is 0.672. The highest BCUT2D eigenvalue weighted by Gasteiger charge is 2.34. The van der Waals surface area contributed by atoms with Crippen LogP contribution >= 0.6 is 11.6 Å². The summed E-state index contributed by atoms with van der Waals surface area (Å²) in [6.45, 7) is 2.17. The van der Waals surface area contributed by atoms with Crippen LogP contribution in [0.25, 0.3) is 0 Å². The molecular weight excluding hydrogens is 246 g/mol. The first-order valence-corrected chi connectivity index (χ1v) is 7.05. The van der Waals surface area contributed by atoms with Gasteiger partial charge in [-0.05, 0) is 44.5 Å². The lowest BCUT2D eigenvalue weighted by molar-refractivity contribution is 0.254. The Morgan fingerprint density at radius 3 is 2.78 bits per heavy atom. The van der Waals surface area contributed by atoms with E-state index in [2.05, 4.69) is 22.9 Å². The highest BCUT2D eigenvalue weighted by molar-refractivity contribution is 6.33. The molecule has 0 aromatic heterocycles. The average Bonchev–Trinajstić information content (AvgIpc) is 2.55. The van der Waals surface area contributed by atoms with Crippen molar-refractivity contribution in [2.75, 3.05) is 30.8 Å². The monoisotopic (exact) mass is 265 g/mol. The molecule has 2 aliphatic heterocycles. The summed E-state index contributed by atoms with van der Waals surface area (Å²) in [4.78, 5) is 4.97. The first kappa shape index (κ1) is 12.1. The lowest BCUT2D eigenvalue weighted by Crippen LogP contribution is -2.36. The summed E-state index contributed by atoms with van der Waals surface area (Å²) >= 11 is 6.32. The largest absolute Gasteiger partial charge is 0.399 e. The second kappa shape index (κ2) is 4.63. The molecule has 4 heteroatoms. The fourth-order valence-corrected chi connectivity index (χ4v) is 3.62. The van der Waals surface area contributed by atoms with Gasteiger partial charge in [0, 0.05) is 30.9 Å². The van der Waals surface area contributed by atoms with Crippen molar-refractivity contribution in [1.82, 2.24) is 4.90 Å². The Balaban J connectivity index is 1.84. The molecule has 0 amide bonds. The first-order chi connectivity index (χ1) is 8.65. The lowest BCUT2D eigenvalue weighted by atomic mass is 10.1. The zero-order valence-corrected chi connectivity index (χ0v) is 11.5. The van der Waals surface area contributed by atoms with Gasteiger partial charge in [0.1, 0.15) is 0 Å². The van der Waals surface area contributed by atoms with Gasteiger partial charge in [-0.2, -0.15) is 0 Å². The minimum Gasteiger partial charge on any atom is -0.399 e. The van der Waals surface area contributed by atoms with Crippen LogP contribution in [0.2, 0.25) is 5.02 Å². The van der Waals surface area contributed by atoms with Crippen molar-refractivity contribution in [3.63, 3.8) is 0 Å². The molecule has 0 radical (unpaired) electrons. The van der Waals surface area contributed by atoms with Gasteiger partial charge in [-0.25, -0.2) is 0 Å². The van der Waals surface area contributed by atoms with Gasteiger partial charge in [-0.15, -0.1) is 0 Å². The summed E-state index contributed by atoms with van der Waals surface area (Å²) in [7, 11) is 2.26. The number of anilines is 2. The molecule has 3 rings (SSSR count). The molecule has 1 aromatic rings. The first-order valence-electron chi connectivity index (χ1n) is 6.67. The fourth-order valence-electron chi connectivity index (χ4n) is 3.31. The molecule has 2 unspecified atom stereocenters. The zero-order chi connectivity index (χ0) is 12.7. The van der Waals surface area contributed by atoms with Crippen LogP contribution < -0.4 is 10.6 Å². The summed E-state index contributed by atoms with van der Waals surface area (Å²) in [5.74, 6) is 0. The third-order valence-electron chi connectivity index (χ3n) is 4.46. The number of fused-ring (bicyclic) bond motifs is 2. The smallest absolute Gasteiger partial charge is 0.0660 e. The lowest BCUT2D eigenvalue weighted by Gasteiger charge is -2.28. The summed E-state index contributed by atoms with van der Waals surface area (Å²) in [5.41, 5.74) is 7.62. The van der Waals surface area contributed by atoms with E-state index in [4.69, 9.17) is 17.3 Å². The van der Waals surface area contributed by atoms with Crippen LogP contribution in [0.4, 0.5) is 11.4 Å². The highest BCUT2D eigenvalue weighted by atomic mass is 35.5. The van der Waals surface area contributed by atoms with Crippen molar-refractivity contribution in [3.05, 3.63) is 23.2 Å². The number of nitrogen functional groups attached to an aromatic ring is 1. The van der Waals surface area contributed by atoms with E-state index in [1.54, 1.807) is 0 Å². The molecule has 2 bridgehead atoms. The number of nitrogens with two attached hydrogens (primary N) is 1. The second-order valence-corrected chi connectivity index (χ2v) is 5.90. The van der Waals surface area contributed by atoms with Crippen LogP contribution in [0, 0.1) is 0 Å². The van der Waals surface area contributed by atoms with Crippen molar-refractivity contribution < 1.29 is 0 Å². The Bertz CT molecular complexity index is 449. The van der Waals surface area contributed by atoms with E-state index in [1.165, 1.54) is 19.3 Å². The molecule has 0 spiro atoms. The van der Waals surface area contributed by atoms with Crippen molar-refractivity contribution >= 4 is 23.0 Å². The van der Waals surface area contributed by atoms with Crippen molar-refractivity contribution in [3.8, 4) is 0 Å². The molecule has 3 nitrogen and oxygen atoms in total. The Morgan fingerprint density at radius 2 is 2.00 bits per heavy atom. The molecule has 2 saturated heterocycles. The number of hydrogen-bond donors (Lipinski definition) is 1. The summed E-state index contributed by atoms with van der Waals surface area (Å²) in [6, 6.07) is 7.27. The number of likely N-dealkylation sites (N-methyl/N-ethyl adjacent to an activating group) is 1. The summed E-state index contributed by atoms with van der Waals surface area (Å²) in [6.07, 6.45) is 3.89. The van der Waals surface area contributed by atoms with E-state index in [1.807, 2.05) is 12.1 Å². The van der Waals surface area contributed by atoms with Gasteiger partial charge in [0.05, 0.1) is 10.7 Å². The topological polar surface area (TPSA) is 32.5 Å². The zero-order valence-electron chi connectivity index (χ0n) is 10.8. The molecule has 0 aliphatic carbocycles. The van der Waals surface area contributed by atoms with Gasteiger partial charge in [-0.3, -0.25) is 4.90 Å². The van der Waals surface area contributed by atoms with Crippen LogP contribution in [-0.2, 0) is 0 Å². The average molecular weight is 266 g/mol. The van der Waals surface area contributed by atoms with Gasteiger partial charge in [-0.1, -0.05) is 11.6 Å². The fraction of sp³-hybridized carbons (Fsp3) is 0.571. The molecule has 2 N–H and O–H groups in total. The van der Waals surface area contributed by atoms with Crippen LogP contribution in [0.5, 0.6) is 0 Å². The maximum atomic E-state index is 6.32. The van der Waals surface area contributed by atoms with Crippen LogP contribution in [0.1, 0.15) is 19.3 Å². The number of nitrogens with zero attached hydrogens (tertiary/aromatic N) is 2. The Morgan fingerprint density at radius 1 is 1.22 bits per heavy atom. The quantitative estimate of drug-likeness (QED) is 0.793. The van der Waals surface area contributed by atoms with E-state index in [-0.39, 0.29) is 0 Å². The van der Waals surface area contributed by atoms with E-state index >= 15 is 0 Å². The molecule has 2 heterocycles. The SMILES string of the molecule is CN1C2CCC1CN(c1ccc(N)cc1Cl)CC2. The molecule has 1 aromatic carbocycles. The molecule has 0 saturated carbocycles. The van der Waals surface area contributed by atoms with E-state index in [0.29, 0.717) is 6.04 Å². The number of rotatable bonds is 1.